The number of hydrazine groups is 1. The largest absolute Gasteiger partial charge is 0.303 e. The standard InChI is InChI=1S/C12H13N3O3/c1-8(9-5-6-9)13-14-12(16)10-3-2-4-11(7-10)15(17)18/h2-4,7,9,13H,1,5-6H2,(H,14,16). The van der Waals surface area contributed by atoms with Crippen LogP contribution in [0.25, 0.3) is 0 Å². The Kier molecular flexibility index (Phi) is 3.27. The Morgan fingerprint density at radius 1 is 1.39 bits per heavy atom. The fourth-order valence-corrected chi connectivity index (χ4v) is 1.50. The molecule has 1 aromatic rings. The smallest absolute Gasteiger partial charge is 0.270 e. The van der Waals surface area contributed by atoms with Gasteiger partial charge in [-0.3, -0.25) is 20.3 Å². The quantitative estimate of drug-likeness (QED) is 0.613. The van der Waals surface area contributed by atoms with E-state index in [2.05, 4.69) is 17.4 Å². The molecule has 1 aromatic carbocycles. The molecule has 1 aliphatic rings. The summed E-state index contributed by atoms with van der Waals surface area (Å²) in [4.78, 5) is 21.8. The van der Waals surface area contributed by atoms with Crippen molar-refractivity contribution < 1.29 is 9.72 Å². The van der Waals surface area contributed by atoms with Crippen LogP contribution >= 0.6 is 0 Å². The maximum absolute atomic E-state index is 11.7. The summed E-state index contributed by atoms with van der Waals surface area (Å²) in [5, 5.41) is 10.6. The highest BCUT2D eigenvalue weighted by Gasteiger charge is 2.24. The summed E-state index contributed by atoms with van der Waals surface area (Å²) in [6.07, 6.45) is 2.16. The maximum Gasteiger partial charge on any atom is 0.270 e. The first-order valence-corrected chi connectivity index (χ1v) is 5.57. The van der Waals surface area contributed by atoms with Gasteiger partial charge in [0.1, 0.15) is 0 Å². The summed E-state index contributed by atoms with van der Waals surface area (Å²) < 4.78 is 0. The fraction of sp³-hybridized carbons (Fsp3) is 0.250. The number of hydrogen-bond acceptors (Lipinski definition) is 4. The molecule has 0 unspecified atom stereocenters. The molecule has 0 aliphatic heterocycles. The molecular weight excluding hydrogens is 234 g/mol. The Bertz CT molecular complexity index is 509. The number of carbonyl (C=O) groups excluding carboxylic acids is 1. The van der Waals surface area contributed by atoms with Gasteiger partial charge in [0.2, 0.25) is 0 Å². The summed E-state index contributed by atoms with van der Waals surface area (Å²) in [7, 11) is 0. The number of nitrogens with one attached hydrogen (secondary N) is 2. The van der Waals surface area contributed by atoms with Gasteiger partial charge in [-0.05, 0) is 24.8 Å². The number of non-ortho nitro benzene ring substituents is 1. The molecule has 94 valence electrons. The van der Waals surface area contributed by atoms with Crippen molar-refractivity contribution in [3.8, 4) is 0 Å². The number of carbonyl (C=O) groups is 1. The third-order valence-electron chi connectivity index (χ3n) is 2.73. The summed E-state index contributed by atoms with van der Waals surface area (Å²) in [5.41, 5.74) is 6.10. The van der Waals surface area contributed by atoms with Crippen LogP contribution in [-0.4, -0.2) is 10.8 Å². The minimum Gasteiger partial charge on any atom is -0.303 e. The number of hydrogen-bond donors (Lipinski definition) is 2. The van der Waals surface area contributed by atoms with Crippen LogP contribution in [0.3, 0.4) is 0 Å². The second kappa shape index (κ2) is 4.87. The third-order valence-corrected chi connectivity index (χ3v) is 2.73. The Morgan fingerprint density at radius 3 is 2.72 bits per heavy atom. The van der Waals surface area contributed by atoms with E-state index in [1.807, 2.05) is 0 Å². The first kappa shape index (κ1) is 12.1. The van der Waals surface area contributed by atoms with Crippen molar-refractivity contribution in [3.05, 3.63) is 52.2 Å². The lowest BCUT2D eigenvalue weighted by Crippen LogP contribution is -2.36. The molecule has 0 aromatic heterocycles. The molecule has 18 heavy (non-hydrogen) atoms. The summed E-state index contributed by atoms with van der Waals surface area (Å²) in [6, 6.07) is 5.57. The van der Waals surface area contributed by atoms with Crippen LogP contribution in [0, 0.1) is 16.0 Å². The molecule has 0 saturated heterocycles. The second-order valence-corrected chi connectivity index (χ2v) is 4.19. The molecule has 0 heterocycles. The number of rotatable bonds is 5. The van der Waals surface area contributed by atoms with E-state index < -0.39 is 10.8 Å². The predicted molar refractivity (Wildman–Crippen MR) is 65.6 cm³/mol. The number of benzene rings is 1. The first-order chi connectivity index (χ1) is 8.58. The molecular formula is C12H13N3O3. The summed E-state index contributed by atoms with van der Waals surface area (Å²) >= 11 is 0. The zero-order valence-electron chi connectivity index (χ0n) is 9.68. The number of nitro benzene ring substituents is 1. The molecule has 1 amide bonds. The highest BCUT2D eigenvalue weighted by molar-refractivity contribution is 5.94. The lowest BCUT2D eigenvalue weighted by molar-refractivity contribution is -0.384. The predicted octanol–water partition coefficient (Wildman–Crippen LogP) is 1.75. The van der Waals surface area contributed by atoms with Crippen LogP contribution in [0.5, 0.6) is 0 Å². The van der Waals surface area contributed by atoms with Gasteiger partial charge in [-0.25, -0.2) is 0 Å². The first-order valence-electron chi connectivity index (χ1n) is 5.57. The van der Waals surface area contributed by atoms with Crippen molar-refractivity contribution in [1.29, 1.82) is 0 Å². The summed E-state index contributed by atoms with van der Waals surface area (Å²) in [6.45, 7) is 3.79. The molecule has 0 spiro atoms. The van der Waals surface area contributed by atoms with Crippen LogP contribution in [0.15, 0.2) is 36.5 Å². The van der Waals surface area contributed by atoms with Gasteiger partial charge >= 0.3 is 0 Å². The molecule has 1 fully saturated rings. The van der Waals surface area contributed by atoms with E-state index >= 15 is 0 Å². The Labute approximate surface area is 104 Å². The Hall–Kier alpha value is -2.37. The lowest BCUT2D eigenvalue weighted by atomic mass is 10.2. The van der Waals surface area contributed by atoms with Gasteiger partial charge in [0.15, 0.2) is 0 Å². The fourth-order valence-electron chi connectivity index (χ4n) is 1.50. The normalized spacial score (nSPS) is 13.8. The topological polar surface area (TPSA) is 84.3 Å². The number of nitro groups is 1. The van der Waals surface area contributed by atoms with E-state index in [4.69, 9.17) is 0 Å². The average Bonchev–Trinajstić information content (AvgIpc) is 3.20. The van der Waals surface area contributed by atoms with E-state index in [1.165, 1.54) is 24.3 Å². The van der Waals surface area contributed by atoms with Crippen LogP contribution in [0.2, 0.25) is 0 Å². The van der Waals surface area contributed by atoms with Crippen molar-refractivity contribution >= 4 is 11.6 Å². The Morgan fingerprint density at radius 2 is 2.11 bits per heavy atom. The van der Waals surface area contributed by atoms with E-state index in [0.29, 0.717) is 5.92 Å². The molecule has 0 bridgehead atoms. The monoisotopic (exact) mass is 247 g/mol. The van der Waals surface area contributed by atoms with Gasteiger partial charge < -0.3 is 5.43 Å². The van der Waals surface area contributed by atoms with Gasteiger partial charge in [-0.1, -0.05) is 12.6 Å². The lowest BCUT2D eigenvalue weighted by Gasteiger charge is -2.09. The van der Waals surface area contributed by atoms with Gasteiger partial charge in [0.25, 0.3) is 11.6 Å². The molecule has 6 nitrogen and oxygen atoms in total. The van der Waals surface area contributed by atoms with Gasteiger partial charge in [-0.2, -0.15) is 0 Å². The van der Waals surface area contributed by atoms with E-state index in [0.717, 1.165) is 18.5 Å². The molecule has 0 radical (unpaired) electrons. The molecule has 6 heteroatoms. The molecule has 0 atom stereocenters. The van der Waals surface area contributed by atoms with Crippen molar-refractivity contribution in [3.63, 3.8) is 0 Å². The second-order valence-electron chi connectivity index (χ2n) is 4.19. The van der Waals surface area contributed by atoms with Crippen molar-refractivity contribution in [1.82, 2.24) is 10.9 Å². The SMILES string of the molecule is C=C(NNC(=O)c1cccc([N+](=O)[O-])c1)C1CC1. The van der Waals surface area contributed by atoms with Crippen molar-refractivity contribution in [2.75, 3.05) is 0 Å². The van der Waals surface area contributed by atoms with Gasteiger partial charge in [0.05, 0.1) is 4.92 Å². The molecule has 1 saturated carbocycles. The average molecular weight is 247 g/mol. The zero-order chi connectivity index (χ0) is 13.1. The van der Waals surface area contributed by atoms with Gasteiger partial charge in [0, 0.05) is 23.4 Å². The Balaban J connectivity index is 1.97. The van der Waals surface area contributed by atoms with Crippen LogP contribution in [0.4, 0.5) is 5.69 Å². The summed E-state index contributed by atoms with van der Waals surface area (Å²) in [5.74, 6) is 0.0101. The van der Waals surface area contributed by atoms with Crippen molar-refractivity contribution in [2.45, 2.75) is 12.8 Å². The number of allylic oxidation sites excluding steroid dienone is 1. The highest BCUT2D eigenvalue weighted by Crippen LogP contribution is 2.33. The number of nitrogens with zero attached hydrogens (tertiary/aromatic N) is 1. The van der Waals surface area contributed by atoms with Crippen LogP contribution < -0.4 is 10.9 Å². The van der Waals surface area contributed by atoms with E-state index in [-0.39, 0.29) is 11.3 Å². The number of amides is 1. The minimum atomic E-state index is -0.534. The van der Waals surface area contributed by atoms with E-state index in [9.17, 15) is 14.9 Å². The van der Waals surface area contributed by atoms with E-state index in [1.54, 1.807) is 0 Å². The maximum atomic E-state index is 11.7. The highest BCUT2D eigenvalue weighted by atomic mass is 16.6. The minimum absolute atomic E-state index is 0.108. The van der Waals surface area contributed by atoms with Gasteiger partial charge in [-0.15, -0.1) is 0 Å². The third kappa shape index (κ3) is 2.85. The molecule has 1 aliphatic carbocycles. The molecule has 2 N–H and O–H groups in total. The van der Waals surface area contributed by atoms with Crippen LogP contribution in [0.1, 0.15) is 23.2 Å². The van der Waals surface area contributed by atoms with Crippen molar-refractivity contribution in [2.24, 2.45) is 5.92 Å². The molecule has 2 rings (SSSR count). The van der Waals surface area contributed by atoms with Crippen LogP contribution in [-0.2, 0) is 0 Å². The zero-order valence-corrected chi connectivity index (χ0v) is 9.68.